The minimum atomic E-state index is -1.81. The van der Waals surface area contributed by atoms with Gasteiger partial charge in [-0.05, 0) is 51.5 Å². The number of aromatic hydroxyl groups is 1. The Morgan fingerprint density at radius 3 is 2.18 bits per heavy atom. The van der Waals surface area contributed by atoms with E-state index in [1.807, 2.05) is 0 Å². The SMILES string of the molecule is COc1ccc(-c2oc3c(CC=C(C)C)c(O[C@@H]4O[C@H](CO)[C@@H](O)[C@H](O)[C@H]4O)cc(O)c3c(=O)c2O[C@H]2O[C@@H](C)[C@H](O)[C@@H](O)[C@H]2O[C@H]2OC[C@@H](O)[C@H](O)[C@H]2O)cc1. The van der Waals surface area contributed by atoms with Crippen LogP contribution in [0.2, 0.25) is 0 Å². The standard InChI is InChI=1S/C38H48O19/c1-14(2)5-10-18-21(53-37-31(49)28(46)26(44)22(12-39)54-37)11-19(40)23-27(45)34(32(55-33(18)23)16-6-8-17(50-4)9-7-16)56-38-35(29(47)24(42)15(3)52-38)57-36-30(48)25(43)20(41)13-51-36/h5-9,11,15,20,22,24-26,28-31,35-44,46-49H,10,12-13H2,1-4H3/t15-,20+,22+,24-,25-,26+,28-,29+,30+,31+,35+,36+,37+,38+/m0/s1. The minimum absolute atomic E-state index is 0.0184. The van der Waals surface area contributed by atoms with Crippen molar-refractivity contribution in [3.8, 4) is 34.3 Å². The Balaban J connectivity index is 1.50. The molecule has 6 rings (SSSR count). The maximum Gasteiger partial charge on any atom is 0.239 e. The summed E-state index contributed by atoms with van der Waals surface area (Å²) < 4.78 is 46.5. The van der Waals surface area contributed by atoms with E-state index in [1.54, 1.807) is 32.1 Å². The van der Waals surface area contributed by atoms with E-state index in [0.29, 0.717) is 5.75 Å². The van der Waals surface area contributed by atoms with Crippen molar-refractivity contribution in [1.29, 1.82) is 0 Å². The first kappa shape index (κ1) is 42.7. The third kappa shape index (κ3) is 8.48. The van der Waals surface area contributed by atoms with Crippen LogP contribution in [0, 0.1) is 0 Å². The number of phenols is 1. The van der Waals surface area contributed by atoms with Crippen molar-refractivity contribution in [1.82, 2.24) is 0 Å². The zero-order valence-electron chi connectivity index (χ0n) is 31.3. The quantitative estimate of drug-likeness (QED) is 0.0990. The Hall–Kier alpha value is -3.93. The van der Waals surface area contributed by atoms with Gasteiger partial charge in [0, 0.05) is 17.2 Å². The first-order valence-corrected chi connectivity index (χ1v) is 18.2. The third-order valence-corrected chi connectivity index (χ3v) is 10.1. The number of rotatable bonds is 11. The lowest BCUT2D eigenvalue weighted by Crippen LogP contribution is -2.62. The lowest BCUT2D eigenvalue weighted by Gasteiger charge is -2.44. The number of hydrogen-bond donors (Lipinski definition) is 10. The van der Waals surface area contributed by atoms with E-state index in [4.69, 9.17) is 37.6 Å². The lowest BCUT2D eigenvalue weighted by molar-refractivity contribution is -0.341. The van der Waals surface area contributed by atoms with Gasteiger partial charge < -0.3 is 88.6 Å². The fraction of sp³-hybridized carbons (Fsp3) is 0.553. The Morgan fingerprint density at radius 2 is 1.53 bits per heavy atom. The summed E-state index contributed by atoms with van der Waals surface area (Å²) in [4.78, 5) is 14.7. The van der Waals surface area contributed by atoms with E-state index in [9.17, 15) is 55.9 Å². The molecule has 3 fully saturated rings. The predicted octanol–water partition coefficient (Wildman–Crippen LogP) is -1.47. The number of aliphatic hydroxyl groups excluding tert-OH is 9. The summed E-state index contributed by atoms with van der Waals surface area (Å²) in [7, 11) is 1.45. The summed E-state index contributed by atoms with van der Waals surface area (Å²) in [5, 5.41) is 105. The van der Waals surface area contributed by atoms with Crippen LogP contribution in [0.1, 0.15) is 26.3 Å². The minimum Gasteiger partial charge on any atom is -0.507 e. The molecule has 19 nitrogen and oxygen atoms in total. The largest absolute Gasteiger partial charge is 0.507 e. The molecule has 3 saturated heterocycles. The molecule has 3 aliphatic heterocycles. The van der Waals surface area contributed by atoms with Crippen LogP contribution in [-0.2, 0) is 25.4 Å². The van der Waals surface area contributed by atoms with Crippen LogP contribution in [0.3, 0.4) is 0 Å². The molecule has 10 N–H and O–H groups in total. The molecule has 3 aromatic rings. The summed E-state index contributed by atoms with van der Waals surface area (Å²) in [5.41, 5.74) is 0.0639. The summed E-state index contributed by atoms with van der Waals surface area (Å²) in [6.45, 7) is 3.84. The number of allylic oxidation sites excluding steroid dienone is 2. The number of methoxy groups -OCH3 is 1. The van der Waals surface area contributed by atoms with Crippen molar-refractivity contribution < 1.29 is 88.6 Å². The molecule has 19 heteroatoms. The van der Waals surface area contributed by atoms with Crippen LogP contribution in [0.5, 0.6) is 23.0 Å². The normalized spacial score (nSPS) is 34.5. The molecule has 14 atom stereocenters. The highest BCUT2D eigenvalue weighted by Gasteiger charge is 2.50. The number of hydrogen-bond acceptors (Lipinski definition) is 19. The zero-order valence-corrected chi connectivity index (χ0v) is 31.3. The summed E-state index contributed by atoms with van der Waals surface area (Å²) in [6, 6.07) is 7.26. The number of phenolic OH excluding ortho intramolecular Hbond substituents is 1. The molecule has 4 heterocycles. The molecular formula is C38H48O19. The van der Waals surface area contributed by atoms with Crippen molar-refractivity contribution >= 4 is 11.0 Å². The van der Waals surface area contributed by atoms with Gasteiger partial charge in [-0.2, -0.15) is 0 Å². The first-order valence-electron chi connectivity index (χ1n) is 18.2. The van der Waals surface area contributed by atoms with E-state index < -0.39 is 122 Å². The van der Waals surface area contributed by atoms with Gasteiger partial charge in [-0.1, -0.05) is 11.6 Å². The van der Waals surface area contributed by atoms with E-state index in [1.165, 1.54) is 26.2 Å². The Kier molecular flexibility index (Phi) is 13.1. The van der Waals surface area contributed by atoms with E-state index in [0.717, 1.165) is 11.6 Å². The fourth-order valence-corrected chi connectivity index (χ4v) is 6.71. The van der Waals surface area contributed by atoms with Gasteiger partial charge in [-0.3, -0.25) is 4.79 Å². The molecular weight excluding hydrogens is 760 g/mol. The first-order chi connectivity index (χ1) is 27.1. The molecule has 0 unspecified atom stereocenters. The third-order valence-electron chi connectivity index (χ3n) is 10.1. The van der Waals surface area contributed by atoms with Crippen molar-refractivity contribution in [2.45, 2.75) is 113 Å². The van der Waals surface area contributed by atoms with Gasteiger partial charge in [0.05, 0.1) is 26.4 Å². The highest BCUT2D eigenvalue weighted by molar-refractivity contribution is 5.91. The van der Waals surface area contributed by atoms with E-state index >= 15 is 0 Å². The van der Waals surface area contributed by atoms with Gasteiger partial charge >= 0.3 is 0 Å². The Bertz CT molecular complexity index is 1940. The summed E-state index contributed by atoms with van der Waals surface area (Å²) >= 11 is 0. The van der Waals surface area contributed by atoms with Gasteiger partial charge in [-0.15, -0.1) is 0 Å². The molecule has 0 bridgehead atoms. The monoisotopic (exact) mass is 808 g/mol. The smallest absolute Gasteiger partial charge is 0.239 e. The maximum absolute atomic E-state index is 14.7. The molecule has 2 aromatic carbocycles. The van der Waals surface area contributed by atoms with Crippen LogP contribution in [0.4, 0.5) is 0 Å². The second-order valence-corrected chi connectivity index (χ2v) is 14.4. The highest BCUT2D eigenvalue weighted by Crippen LogP contribution is 2.42. The average molecular weight is 809 g/mol. The zero-order chi connectivity index (χ0) is 41.5. The van der Waals surface area contributed by atoms with E-state index in [2.05, 4.69) is 0 Å². The number of aliphatic hydroxyl groups is 9. The topological polar surface area (TPSA) is 297 Å². The van der Waals surface area contributed by atoms with Crippen LogP contribution in [0.15, 0.2) is 51.2 Å². The molecule has 57 heavy (non-hydrogen) atoms. The van der Waals surface area contributed by atoms with Crippen molar-refractivity contribution in [2.75, 3.05) is 20.3 Å². The van der Waals surface area contributed by atoms with Crippen LogP contribution in [0.25, 0.3) is 22.3 Å². The van der Waals surface area contributed by atoms with Crippen LogP contribution in [-0.4, -0.2) is 157 Å². The maximum atomic E-state index is 14.7. The number of benzene rings is 2. The van der Waals surface area contributed by atoms with Gasteiger partial charge in [0.2, 0.25) is 23.8 Å². The molecule has 0 spiro atoms. The lowest BCUT2D eigenvalue weighted by atomic mass is 9.98. The molecule has 0 amide bonds. The van der Waals surface area contributed by atoms with Crippen molar-refractivity contribution in [2.24, 2.45) is 0 Å². The van der Waals surface area contributed by atoms with Crippen molar-refractivity contribution in [3.63, 3.8) is 0 Å². The Labute approximate surface area is 325 Å². The van der Waals surface area contributed by atoms with Gasteiger partial charge in [-0.25, -0.2) is 0 Å². The fourth-order valence-electron chi connectivity index (χ4n) is 6.71. The highest BCUT2D eigenvalue weighted by atomic mass is 16.8. The van der Waals surface area contributed by atoms with Gasteiger partial charge in [0.1, 0.15) is 83.2 Å². The van der Waals surface area contributed by atoms with Gasteiger partial charge in [0.15, 0.2) is 18.2 Å². The predicted molar refractivity (Wildman–Crippen MR) is 193 cm³/mol. The molecule has 0 aliphatic carbocycles. The van der Waals surface area contributed by atoms with Crippen molar-refractivity contribution in [3.05, 3.63) is 57.8 Å². The second kappa shape index (κ2) is 17.5. The number of fused-ring (bicyclic) bond motifs is 1. The molecule has 1 aromatic heterocycles. The average Bonchev–Trinajstić information content (AvgIpc) is 3.19. The molecule has 314 valence electrons. The summed E-state index contributed by atoms with van der Waals surface area (Å²) in [6.07, 6.45) is -21.0. The van der Waals surface area contributed by atoms with E-state index in [-0.39, 0.29) is 34.6 Å². The van der Waals surface area contributed by atoms with Gasteiger partial charge in [0.25, 0.3) is 0 Å². The molecule has 0 saturated carbocycles. The van der Waals surface area contributed by atoms with Crippen LogP contribution >= 0.6 is 0 Å². The second-order valence-electron chi connectivity index (χ2n) is 14.4. The molecule has 3 aliphatic rings. The molecule has 0 radical (unpaired) electrons. The Morgan fingerprint density at radius 1 is 0.842 bits per heavy atom. The number of ether oxygens (including phenoxy) is 7. The van der Waals surface area contributed by atoms with Crippen LogP contribution < -0.4 is 19.6 Å². The summed E-state index contributed by atoms with van der Waals surface area (Å²) in [5.74, 6) is -1.21.